The number of piperidine rings is 1. The summed E-state index contributed by atoms with van der Waals surface area (Å²) in [6.07, 6.45) is 2.88. The van der Waals surface area contributed by atoms with E-state index in [1.807, 2.05) is 23.1 Å². The van der Waals surface area contributed by atoms with Crippen molar-refractivity contribution in [1.29, 1.82) is 0 Å². The summed E-state index contributed by atoms with van der Waals surface area (Å²) in [4.78, 5) is 26.9. The highest BCUT2D eigenvalue weighted by atomic mass is 35.5. The molecular formula is C19H27ClN2O3. The van der Waals surface area contributed by atoms with Gasteiger partial charge in [-0.15, -0.1) is 0 Å². The molecule has 1 atom stereocenters. The van der Waals surface area contributed by atoms with Crippen molar-refractivity contribution in [3.63, 3.8) is 0 Å². The molecular weight excluding hydrogens is 340 g/mol. The molecule has 5 nitrogen and oxygen atoms in total. The maximum atomic E-state index is 12.9. The molecule has 1 saturated heterocycles. The third kappa shape index (κ3) is 6.24. The quantitative estimate of drug-likeness (QED) is 0.881. The van der Waals surface area contributed by atoms with Gasteiger partial charge in [-0.25, -0.2) is 4.79 Å². The molecule has 1 aromatic carbocycles. The summed E-state index contributed by atoms with van der Waals surface area (Å²) in [5.74, 6) is -0.0783. The lowest BCUT2D eigenvalue weighted by Crippen LogP contribution is -2.51. The number of hydrogen-bond acceptors (Lipinski definition) is 3. The number of carbonyl (C=O) groups excluding carboxylic acids is 2. The topological polar surface area (TPSA) is 58.6 Å². The average Bonchev–Trinajstić information content (AvgIpc) is 2.54. The van der Waals surface area contributed by atoms with Gasteiger partial charge in [-0.3, -0.25) is 4.79 Å². The Kier molecular flexibility index (Phi) is 6.71. The van der Waals surface area contributed by atoms with Gasteiger partial charge in [-0.05, 0) is 51.7 Å². The number of rotatable bonds is 4. The lowest BCUT2D eigenvalue weighted by Gasteiger charge is -2.31. The molecule has 1 N–H and O–H groups in total. The fourth-order valence-electron chi connectivity index (χ4n) is 2.87. The van der Waals surface area contributed by atoms with Gasteiger partial charge in [0.1, 0.15) is 11.6 Å². The molecule has 25 heavy (non-hydrogen) atoms. The minimum Gasteiger partial charge on any atom is -0.444 e. The van der Waals surface area contributed by atoms with Crippen molar-refractivity contribution >= 4 is 23.6 Å². The molecule has 0 spiro atoms. The molecule has 2 amide bonds. The molecule has 0 saturated carbocycles. The first-order valence-electron chi connectivity index (χ1n) is 8.78. The van der Waals surface area contributed by atoms with Crippen molar-refractivity contribution in [1.82, 2.24) is 10.2 Å². The molecule has 6 heteroatoms. The number of alkyl carbamates (subject to hydrolysis) is 1. The molecule has 0 aromatic heterocycles. The first-order valence-corrected chi connectivity index (χ1v) is 9.16. The Morgan fingerprint density at radius 3 is 2.44 bits per heavy atom. The summed E-state index contributed by atoms with van der Waals surface area (Å²) in [6, 6.07) is 6.68. The standard InChI is InChI=1S/C19H27ClN2O3/c1-19(2,3)25-18(24)21-16(13-14-9-5-6-10-15(14)20)17(23)22-11-7-4-8-12-22/h5-6,9-10,16H,4,7-8,11-13H2,1-3H3,(H,21,24)/t16-/m0/s1. The monoisotopic (exact) mass is 366 g/mol. The summed E-state index contributed by atoms with van der Waals surface area (Å²) >= 11 is 6.23. The van der Waals surface area contributed by atoms with Gasteiger partial charge in [0.05, 0.1) is 0 Å². The molecule has 2 rings (SSSR count). The predicted octanol–water partition coefficient (Wildman–Crippen LogP) is 3.79. The van der Waals surface area contributed by atoms with Crippen molar-refractivity contribution in [2.75, 3.05) is 13.1 Å². The molecule has 1 heterocycles. The number of halogens is 1. The summed E-state index contributed by atoms with van der Waals surface area (Å²) in [7, 11) is 0. The molecule has 1 aliphatic rings. The SMILES string of the molecule is CC(C)(C)OC(=O)N[C@@H](Cc1ccccc1Cl)C(=O)N1CCCCC1. The van der Waals surface area contributed by atoms with Crippen LogP contribution in [0.5, 0.6) is 0 Å². The van der Waals surface area contributed by atoms with Gasteiger partial charge in [0.25, 0.3) is 0 Å². The summed E-state index contributed by atoms with van der Waals surface area (Å²) in [5, 5.41) is 3.32. The third-order valence-corrected chi connectivity index (χ3v) is 4.41. The van der Waals surface area contributed by atoms with Crippen LogP contribution in [0.25, 0.3) is 0 Å². The van der Waals surface area contributed by atoms with E-state index in [0.29, 0.717) is 11.4 Å². The van der Waals surface area contributed by atoms with Gasteiger partial charge in [-0.2, -0.15) is 0 Å². The van der Waals surface area contributed by atoms with Gasteiger partial charge in [0, 0.05) is 24.5 Å². The smallest absolute Gasteiger partial charge is 0.408 e. The van der Waals surface area contributed by atoms with E-state index in [1.165, 1.54) is 0 Å². The van der Waals surface area contributed by atoms with Crippen molar-refractivity contribution in [3.05, 3.63) is 34.9 Å². The molecule has 0 bridgehead atoms. The second-order valence-electron chi connectivity index (χ2n) is 7.38. The van der Waals surface area contributed by atoms with Gasteiger partial charge in [0.2, 0.25) is 5.91 Å². The van der Waals surface area contributed by atoms with Crippen LogP contribution in [-0.2, 0) is 16.0 Å². The van der Waals surface area contributed by atoms with E-state index in [2.05, 4.69) is 5.32 Å². The molecule has 1 fully saturated rings. The Labute approximate surface area is 154 Å². The van der Waals surface area contributed by atoms with Crippen LogP contribution in [0.15, 0.2) is 24.3 Å². The Morgan fingerprint density at radius 1 is 1.20 bits per heavy atom. The van der Waals surface area contributed by atoms with Gasteiger partial charge >= 0.3 is 6.09 Å². The largest absolute Gasteiger partial charge is 0.444 e. The normalized spacial score (nSPS) is 16.2. The highest BCUT2D eigenvalue weighted by molar-refractivity contribution is 6.31. The average molecular weight is 367 g/mol. The first kappa shape index (κ1) is 19.6. The van der Waals surface area contributed by atoms with Crippen LogP contribution >= 0.6 is 11.6 Å². The van der Waals surface area contributed by atoms with Crippen LogP contribution < -0.4 is 5.32 Å². The maximum absolute atomic E-state index is 12.9. The van der Waals surface area contributed by atoms with Crippen molar-refractivity contribution in [2.45, 2.75) is 58.1 Å². The Balaban J connectivity index is 2.13. The molecule has 0 unspecified atom stereocenters. The third-order valence-electron chi connectivity index (χ3n) is 4.04. The zero-order valence-corrected chi connectivity index (χ0v) is 15.9. The van der Waals surface area contributed by atoms with E-state index in [9.17, 15) is 9.59 Å². The van der Waals surface area contributed by atoms with Gasteiger partial charge in [-0.1, -0.05) is 29.8 Å². The second-order valence-corrected chi connectivity index (χ2v) is 7.79. The minimum atomic E-state index is -0.687. The van der Waals surface area contributed by atoms with Gasteiger partial charge < -0.3 is 15.0 Å². The Hall–Kier alpha value is -1.75. The lowest BCUT2D eigenvalue weighted by molar-refractivity contribution is -0.134. The minimum absolute atomic E-state index is 0.0783. The molecule has 0 radical (unpaired) electrons. The fraction of sp³-hybridized carbons (Fsp3) is 0.579. The number of hydrogen-bond donors (Lipinski definition) is 1. The van der Waals surface area contributed by atoms with E-state index < -0.39 is 17.7 Å². The number of ether oxygens (including phenoxy) is 1. The molecule has 138 valence electrons. The second kappa shape index (κ2) is 8.56. The number of benzene rings is 1. The summed E-state index contributed by atoms with van der Waals surface area (Å²) in [5.41, 5.74) is 0.211. The van der Waals surface area contributed by atoms with Crippen LogP contribution in [-0.4, -0.2) is 41.6 Å². The van der Waals surface area contributed by atoms with Crippen LogP contribution in [0.1, 0.15) is 45.6 Å². The van der Waals surface area contributed by atoms with E-state index in [0.717, 1.165) is 37.9 Å². The highest BCUT2D eigenvalue weighted by Gasteiger charge is 2.29. The van der Waals surface area contributed by atoms with Crippen molar-refractivity contribution in [2.24, 2.45) is 0 Å². The maximum Gasteiger partial charge on any atom is 0.408 e. The zero-order chi connectivity index (χ0) is 18.4. The summed E-state index contributed by atoms with van der Waals surface area (Å²) in [6.45, 7) is 6.84. The van der Waals surface area contributed by atoms with E-state index >= 15 is 0 Å². The number of carbonyl (C=O) groups is 2. The van der Waals surface area contributed by atoms with Crippen LogP contribution in [0.3, 0.4) is 0 Å². The number of amides is 2. The predicted molar refractivity (Wildman–Crippen MR) is 98.7 cm³/mol. The zero-order valence-electron chi connectivity index (χ0n) is 15.2. The van der Waals surface area contributed by atoms with E-state index in [4.69, 9.17) is 16.3 Å². The van der Waals surface area contributed by atoms with Crippen LogP contribution in [0, 0.1) is 0 Å². The highest BCUT2D eigenvalue weighted by Crippen LogP contribution is 2.19. The van der Waals surface area contributed by atoms with Crippen molar-refractivity contribution < 1.29 is 14.3 Å². The first-order chi connectivity index (χ1) is 11.8. The molecule has 1 aliphatic heterocycles. The molecule has 1 aromatic rings. The lowest BCUT2D eigenvalue weighted by atomic mass is 10.0. The molecule has 0 aliphatic carbocycles. The number of likely N-dealkylation sites (tertiary alicyclic amines) is 1. The fourth-order valence-corrected chi connectivity index (χ4v) is 3.08. The van der Waals surface area contributed by atoms with Crippen molar-refractivity contribution in [3.8, 4) is 0 Å². The number of nitrogens with one attached hydrogen (secondary N) is 1. The number of nitrogens with zero attached hydrogens (tertiary/aromatic N) is 1. The van der Waals surface area contributed by atoms with E-state index in [-0.39, 0.29) is 5.91 Å². The Bertz CT molecular complexity index is 607. The Morgan fingerprint density at radius 2 is 1.84 bits per heavy atom. The van der Waals surface area contributed by atoms with Crippen LogP contribution in [0.4, 0.5) is 4.79 Å². The van der Waals surface area contributed by atoms with E-state index in [1.54, 1.807) is 26.8 Å². The summed E-state index contributed by atoms with van der Waals surface area (Å²) < 4.78 is 5.32. The van der Waals surface area contributed by atoms with Crippen LogP contribution in [0.2, 0.25) is 5.02 Å². The van der Waals surface area contributed by atoms with Gasteiger partial charge in [0.15, 0.2) is 0 Å².